The largest absolute Gasteiger partial charge is 0.338 e. The van der Waals surface area contributed by atoms with Crippen LogP contribution in [0.25, 0.3) is 22.8 Å². The molecule has 2 heterocycles. The van der Waals surface area contributed by atoms with E-state index in [4.69, 9.17) is 4.52 Å². The molecule has 26 heavy (non-hydrogen) atoms. The Labute approximate surface area is 152 Å². The van der Waals surface area contributed by atoms with Crippen molar-refractivity contribution in [1.82, 2.24) is 15.0 Å². The lowest BCUT2D eigenvalue weighted by Gasteiger charge is -2.31. The molecule has 0 bridgehead atoms. The maximum absolute atomic E-state index is 13.1. The van der Waals surface area contributed by atoms with Gasteiger partial charge in [-0.25, -0.2) is 0 Å². The molecule has 132 valence electrons. The molecule has 0 unspecified atom stereocenters. The Bertz CT molecular complexity index is 904. The molecule has 1 amide bonds. The molecular formula is C21H21N3O2. The van der Waals surface area contributed by atoms with Crippen molar-refractivity contribution in [2.75, 3.05) is 13.1 Å². The highest BCUT2D eigenvalue weighted by Crippen LogP contribution is 2.27. The Hall–Kier alpha value is -2.95. The molecule has 1 aliphatic rings. The van der Waals surface area contributed by atoms with Gasteiger partial charge in [0, 0.05) is 18.7 Å². The van der Waals surface area contributed by atoms with Crippen LogP contribution in [0.15, 0.2) is 59.1 Å². The quantitative estimate of drug-likeness (QED) is 0.710. The van der Waals surface area contributed by atoms with Crippen LogP contribution in [0.5, 0.6) is 0 Å². The van der Waals surface area contributed by atoms with E-state index in [9.17, 15) is 4.79 Å². The zero-order valence-electron chi connectivity index (χ0n) is 14.8. The molecule has 1 aliphatic heterocycles. The van der Waals surface area contributed by atoms with Crippen molar-refractivity contribution in [3.8, 4) is 22.8 Å². The summed E-state index contributed by atoms with van der Waals surface area (Å²) in [7, 11) is 0. The van der Waals surface area contributed by atoms with Gasteiger partial charge >= 0.3 is 0 Å². The van der Waals surface area contributed by atoms with Gasteiger partial charge in [0.1, 0.15) is 0 Å². The first-order valence-electron chi connectivity index (χ1n) is 9.00. The van der Waals surface area contributed by atoms with Gasteiger partial charge in [0.25, 0.3) is 11.8 Å². The first kappa shape index (κ1) is 16.5. The zero-order valence-corrected chi connectivity index (χ0v) is 14.8. The molecule has 5 nitrogen and oxygen atoms in total. The lowest BCUT2D eigenvalue weighted by Crippen LogP contribution is -2.39. The van der Waals surface area contributed by atoms with Crippen molar-refractivity contribution < 1.29 is 9.32 Å². The predicted octanol–water partition coefficient (Wildman–Crippen LogP) is 4.28. The number of hydrogen-bond donors (Lipinski definition) is 0. The molecular weight excluding hydrogens is 326 g/mol. The Balaban J connectivity index is 1.66. The molecule has 0 radical (unpaired) electrons. The fourth-order valence-corrected chi connectivity index (χ4v) is 3.44. The van der Waals surface area contributed by atoms with E-state index in [0.717, 1.165) is 25.1 Å². The van der Waals surface area contributed by atoms with Gasteiger partial charge in [0.05, 0.1) is 11.1 Å². The second kappa shape index (κ2) is 7.12. The molecule has 0 aliphatic carbocycles. The SMILES string of the molecule is C[C@H]1CCCN(C(=O)c2ccccc2-c2nc(-c3ccccc3)no2)C1. The number of amides is 1. The first-order chi connectivity index (χ1) is 12.7. The van der Waals surface area contributed by atoms with Crippen LogP contribution in [-0.4, -0.2) is 34.0 Å². The number of likely N-dealkylation sites (tertiary alicyclic amines) is 1. The van der Waals surface area contributed by atoms with Gasteiger partial charge in [-0.15, -0.1) is 0 Å². The number of rotatable bonds is 3. The summed E-state index contributed by atoms with van der Waals surface area (Å²) in [4.78, 5) is 19.5. The number of nitrogens with zero attached hydrogens (tertiary/aromatic N) is 3. The van der Waals surface area contributed by atoms with Gasteiger partial charge in [-0.2, -0.15) is 4.98 Å². The summed E-state index contributed by atoms with van der Waals surface area (Å²) in [6, 6.07) is 17.1. The van der Waals surface area contributed by atoms with E-state index in [1.54, 1.807) is 0 Å². The number of piperidine rings is 1. The predicted molar refractivity (Wildman–Crippen MR) is 99.5 cm³/mol. The molecule has 1 aromatic heterocycles. The van der Waals surface area contributed by atoms with Gasteiger partial charge in [-0.05, 0) is 30.9 Å². The van der Waals surface area contributed by atoms with E-state index in [1.807, 2.05) is 59.5 Å². The summed E-state index contributed by atoms with van der Waals surface area (Å²) in [6.07, 6.45) is 2.23. The second-order valence-corrected chi connectivity index (χ2v) is 6.83. The summed E-state index contributed by atoms with van der Waals surface area (Å²) in [5.74, 6) is 1.46. The number of carbonyl (C=O) groups is 1. The minimum absolute atomic E-state index is 0.0339. The fraction of sp³-hybridized carbons (Fsp3) is 0.286. The van der Waals surface area contributed by atoms with Crippen molar-refractivity contribution in [3.63, 3.8) is 0 Å². The summed E-state index contributed by atoms with van der Waals surface area (Å²) < 4.78 is 5.47. The summed E-state index contributed by atoms with van der Waals surface area (Å²) in [5.41, 5.74) is 2.19. The number of carbonyl (C=O) groups excluding carboxylic acids is 1. The van der Waals surface area contributed by atoms with E-state index in [2.05, 4.69) is 17.1 Å². The Morgan fingerprint density at radius 3 is 2.69 bits per heavy atom. The summed E-state index contributed by atoms with van der Waals surface area (Å²) >= 11 is 0. The summed E-state index contributed by atoms with van der Waals surface area (Å²) in [6.45, 7) is 3.79. The van der Waals surface area contributed by atoms with Crippen molar-refractivity contribution >= 4 is 5.91 Å². The third kappa shape index (κ3) is 3.25. The molecule has 2 aromatic carbocycles. The van der Waals surface area contributed by atoms with Crippen molar-refractivity contribution in [3.05, 3.63) is 60.2 Å². The summed E-state index contributed by atoms with van der Waals surface area (Å²) in [5, 5.41) is 4.08. The molecule has 0 spiro atoms. The molecule has 3 aromatic rings. The standard InChI is InChI=1S/C21H21N3O2/c1-15-8-7-13-24(14-15)21(25)18-12-6-5-11-17(18)20-22-19(23-26-20)16-9-3-2-4-10-16/h2-6,9-12,15H,7-8,13-14H2,1H3/t15-/m0/s1. The molecule has 0 N–H and O–H groups in total. The average molecular weight is 347 g/mol. The van der Waals surface area contributed by atoms with Gasteiger partial charge < -0.3 is 9.42 Å². The van der Waals surface area contributed by atoms with E-state index in [0.29, 0.717) is 28.8 Å². The van der Waals surface area contributed by atoms with Gasteiger partial charge in [0.2, 0.25) is 5.82 Å². The normalized spacial score (nSPS) is 17.3. The smallest absolute Gasteiger partial charge is 0.259 e. The van der Waals surface area contributed by atoms with Crippen LogP contribution in [-0.2, 0) is 0 Å². The minimum Gasteiger partial charge on any atom is -0.338 e. The molecule has 4 rings (SSSR count). The van der Waals surface area contributed by atoms with Crippen LogP contribution in [0.4, 0.5) is 0 Å². The van der Waals surface area contributed by atoms with Gasteiger partial charge in [-0.3, -0.25) is 4.79 Å². The highest BCUT2D eigenvalue weighted by Gasteiger charge is 2.25. The van der Waals surface area contributed by atoms with Gasteiger partial charge in [0.15, 0.2) is 0 Å². The van der Waals surface area contributed by atoms with Crippen LogP contribution >= 0.6 is 0 Å². The van der Waals surface area contributed by atoms with E-state index >= 15 is 0 Å². The van der Waals surface area contributed by atoms with Crippen LogP contribution in [0.2, 0.25) is 0 Å². The third-order valence-corrected chi connectivity index (χ3v) is 4.79. The van der Waals surface area contributed by atoms with Gasteiger partial charge in [-0.1, -0.05) is 54.5 Å². The highest BCUT2D eigenvalue weighted by molar-refractivity contribution is 6.00. The van der Waals surface area contributed by atoms with E-state index in [1.165, 1.54) is 6.42 Å². The molecule has 1 atom stereocenters. The maximum Gasteiger partial charge on any atom is 0.259 e. The van der Waals surface area contributed by atoms with Crippen LogP contribution in [0.3, 0.4) is 0 Å². The van der Waals surface area contributed by atoms with Crippen LogP contribution < -0.4 is 0 Å². The van der Waals surface area contributed by atoms with E-state index in [-0.39, 0.29) is 5.91 Å². The first-order valence-corrected chi connectivity index (χ1v) is 9.00. The Morgan fingerprint density at radius 2 is 1.88 bits per heavy atom. The number of aromatic nitrogens is 2. The second-order valence-electron chi connectivity index (χ2n) is 6.83. The maximum atomic E-state index is 13.1. The Kier molecular flexibility index (Phi) is 4.52. The lowest BCUT2D eigenvalue weighted by atomic mass is 9.98. The molecule has 0 saturated carbocycles. The third-order valence-electron chi connectivity index (χ3n) is 4.79. The zero-order chi connectivity index (χ0) is 17.9. The van der Waals surface area contributed by atoms with Crippen LogP contribution in [0, 0.1) is 5.92 Å². The minimum atomic E-state index is 0.0339. The van der Waals surface area contributed by atoms with E-state index < -0.39 is 0 Å². The van der Waals surface area contributed by atoms with Crippen molar-refractivity contribution in [2.45, 2.75) is 19.8 Å². The van der Waals surface area contributed by atoms with Crippen molar-refractivity contribution in [2.24, 2.45) is 5.92 Å². The fourth-order valence-electron chi connectivity index (χ4n) is 3.44. The molecule has 1 saturated heterocycles. The monoisotopic (exact) mass is 347 g/mol. The number of hydrogen-bond acceptors (Lipinski definition) is 4. The highest BCUT2D eigenvalue weighted by atomic mass is 16.5. The molecule has 5 heteroatoms. The lowest BCUT2D eigenvalue weighted by molar-refractivity contribution is 0.0683. The molecule has 1 fully saturated rings. The van der Waals surface area contributed by atoms with Crippen LogP contribution in [0.1, 0.15) is 30.1 Å². The Morgan fingerprint density at radius 1 is 1.12 bits per heavy atom. The van der Waals surface area contributed by atoms with Crippen molar-refractivity contribution in [1.29, 1.82) is 0 Å². The average Bonchev–Trinajstić information content (AvgIpc) is 3.18. The topological polar surface area (TPSA) is 59.2 Å². The number of benzene rings is 2.